The Morgan fingerprint density at radius 1 is 1.38 bits per heavy atom. The smallest absolute Gasteiger partial charge is 0.223 e. The predicted molar refractivity (Wildman–Crippen MR) is 84.9 cm³/mol. The lowest BCUT2D eigenvalue weighted by Gasteiger charge is -2.18. The molecule has 0 saturated carbocycles. The fourth-order valence-electron chi connectivity index (χ4n) is 2.63. The third-order valence-corrected chi connectivity index (χ3v) is 3.99. The summed E-state index contributed by atoms with van der Waals surface area (Å²) in [7, 11) is 0. The largest absolute Gasteiger partial charge is 0.493 e. The van der Waals surface area contributed by atoms with Crippen LogP contribution < -0.4 is 10.1 Å². The van der Waals surface area contributed by atoms with Gasteiger partial charge in [0, 0.05) is 49.6 Å². The maximum absolute atomic E-state index is 11.9. The minimum Gasteiger partial charge on any atom is -0.493 e. The molecule has 2 rings (SSSR count). The first-order chi connectivity index (χ1) is 10.2. The number of ether oxygens (including phenoxy) is 1. The molecule has 21 heavy (non-hydrogen) atoms. The summed E-state index contributed by atoms with van der Waals surface area (Å²) in [5.41, 5.74) is 2.25. The van der Waals surface area contributed by atoms with Gasteiger partial charge >= 0.3 is 0 Å². The lowest BCUT2D eigenvalue weighted by molar-refractivity contribution is -0.130. The molecule has 1 aliphatic heterocycles. The highest BCUT2D eigenvalue weighted by molar-refractivity contribution is 6.30. The Morgan fingerprint density at radius 3 is 2.86 bits per heavy atom. The SMILES string of the molecule is CCN(CC)C(=O)CCNCc1cc(Cl)cc2c1OCC2. The normalized spacial score (nSPS) is 12.9. The summed E-state index contributed by atoms with van der Waals surface area (Å²) in [5.74, 6) is 1.15. The van der Waals surface area contributed by atoms with E-state index in [0.29, 0.717) is 19.5 Å². The van der Waals surface area contributed by atoms with Crippen molar-refractivity contribution in [2.24, 2.45) is 0 Å². The molecule has 0 atom stereocenters. The Balaban J connectivity index is 1.83. The number of carbonyl (C=O) groups excluding carboxylic acids is 1. The highest BCUT2D eigenvalue weighted by Crippen LogP contribution is 2.32. The van der Waals surface area contributed by atoms with Crippen molar-refractivity contribution in [1.29, 1.82) is 0 Å². The van der Waals surface area contributed by atoms with Crippen LogP contribution in [-0.4, -0.2) is 37.0 Å². The van der Waals surface area contributed by atoms with Crippen molar-refractivity contribution in [2.45, 2.75) is 33.2 Å². The number of benzene rings is 1. The standard InChI is InChI=1S/C16H23ClN2O2/c1-3-19(4-2)15(20)5-7-18-11-13-10-14(17)9-12-6-8-21-16(12)13/h9-10,18H,3-8,11H2,1-2H3. The van der Waals surface area contributed by atoms with Crippen molar-refractivity contribution < 1.29 is 9.53 Å². The minimum absolute atomic E-state index is 0.195. The van der Waals surface area contributed by atoms with Gasteiger partial charge in [-0.25, -0.2) is 0 Å². The van der Waals surface area contributed by atoms with Crippen LogP contribution in [-0.2, 0) is 17.8 Å². The van der Waals surface area contributed by atoms with Gasteiger partial charge in [-0.1, -0.05) is 11.6 Å². The molecule has 0 saturated heterocycles. The first kappa shape index (κ1) is 16.1. The van der Waals surface area contributed by atoms with Crippen LogP contribution >= 0.6 is 11.6 Å². The summed E-state index contributed by atoms with van der Waals surface area (Å²) in [6.07, 6.45) is 1.44. The van der Waals surface area contributed by atoms with E-state index in [0.717, 1.165) is 42.5 Å². The van der Waals surface area contributed by atoms with Crippen LogP contribution in [0.5, 0.6) is 5.75 Å². The first-order valence-corrected chi connectivity index (χ1v) is 7.96. The molecule has 0 aromatic heterocycles. The van der Waals surface area contributed by atoms with E-state index in [9.17, 15) is 4.79 Å². The summed E-state index contributed by atoms with van der Waals surface area (Å²) in [6.45, 7) is 7.60. The van der Waals surface area contributed by atoms with Gasteiger partial charge in [0.25, 0.3) is 0 Å². The van der Waals surface area contributed by atoms with E-state index in [1.165, 1.54) is 5.56 Å². The Labute approximate surface area is 131 Å². The van der Waals surface area contributed by atoms with Gasteiger partial charge in [-0.3, -0.25) is 4.79 Å². The molecule has 1 aliphatic rings. The number of hydrogen-bond donors (Lipinski definition) is 1. The fraction of sp³-hybridized carbons (Fsp3) is 0.562. The second-order valence-electron chi connectivity index (χ2n) is 5.14. The molecular formula is C16H23ClN2O2. The lowest BCUT2D eigenvalue weighted by Crippen LogP contribution is -2.32. The number of nitrogens with zero attached hydrogens (tertiary/aromatic N) is 1. The number of amides is 1. The van der Waals surface area contributed by atoms with Gasteiger partial charge in [-0.15, -0.1) is 0 Å². The third-order valence-electron chi connectivity index (χ3n) is 3.77. The number of nitrogens with one attached hydrogen (secondary N) is 1. The highest BCUT2D eigenvalue weighted by Gasteiger charge is 2.17. The van der Waals surface area contributed by atoms with E-state index in [1.54, 1.807) is 0 Å². The van der Waals surface area contributed by atoms with Gasteiger partial charge in [0.2, 0.25) is 5.91 Å². The molecular weight excluding hydrogens is 288 g/mol. The molecule has 0 fully saturated rings. The van der Waals surface area contributed by atoms with Crippen LogP contribution in [0, 0.1) is 0 Å². The van der Waals surface area contributed by atoms with Gasteiger partial charge in [-0.2, -0.15) is 0 Å². The monoisotopic (exact) mass is 310 g/mol. The molecule has 1 N–H and O–H groups in total. The average molecular weight is 311 g/mol. The highest BCUT2D eigenvalue weighted by atomic mass is 35.5. The Bertz CT molecular complexity index is 501. The van der Waals surface area contributed by atoms with Crippen LogP contribution in [0.2, 0.25) is 5.02 Å². The molecule has 1 aromatic rings. The van der Waals surface area contributed by atoms with Crippen molar-refractivity contribution in [3.63, 3.8) is 0 Å². The summed E-state index contributed by atoms with van der Waals surface area (Å²) in [6, 6.07) is 3.90. The molecule has 0 bridgehead atoms. The summed E-state index contributed by atoms with van der Waals surface area (Å²) >= 11 is 6.13. The fourth-order valence-corrected chi connectivity index (χ4v) is 2.89. The molecule has 1 aromatic carbocycles. The number of fused-ring (bicyclic) bond motifs is 1. The topological polar surface area (TPSA) is 41.6 Å². The van der Waals surface area contributed by atoms with Crippen molar-refractivity contribution in [3.05, 3.63) is 28.3 Å². The van der Waals surface area contributed by atoms with Crippen LogP contribution in [0.4, 0.5) is 0 Å². The zero-order chi connectivity index (χ0) is 15.2. The number of halogens is 1. The van der Waals surface area contributed by atoms with Gasteiger partial charge in [0.15, 0.2) is 0 Å². The van der Waals surface area contributed by atoms with Crippen molar-refractivity contribution in [2.75, 3.05) is 26.2 Å². The number of carbonyl (C=O) groups is 1. The zero-order valence-corrected chi connectivity index (χ0v) is 13.5. The van der Waals surface area contributed by atoms with Crippen molar-refractivity contribution >= 4 is 17.5 Å². The average Bonchev–Trinajstić information content (AvgIpc) is 2.92. The van der Waals surface area contributed by atoms with Gasteiger partial charge < -0.3 is 15.0 Å². The van der Waals surface area contributed by atoms with Gasteiger partial charge in [0.1, 0.15) is 5.75 Å². The summed E-state index contributed by atoms with van der Waals surface area (Å²) < 4.78 is 5.66. The number of hydrogen-bond acceptors (Lipinski definition) is 3. The predicted octanol–water partition coefficient (Wildman–Crippen LogP) is 2.62. The molecule has 0 aliphatic carbocycles. The summed E-state index contributed by atoms with van der Waals surface area (Å²) in [4.78, 5) is 13.7. The lowest BCUT2D eigenvalue weighted by atomic mass is 10.1. The zero-order valence-electron chi connectivity index (χ0n) is 12.7. The quantitative estimate of drug-likeness (QED) is 0.787. The van der Waals surface area contributed by atoms with E-state index >= 15 is 0 Å². The second-order valence-corrected chi connectivity index (χ2v) is 5.58. The van der Waals surface area contributed by atoms with Crippen LogP contribution in [0.1, 0.15) is 31.4 Å². The van der Waals surface area contributed by atoms with Crippen LogP contribution in [0.3, 0.4) is 0 Å². The van der Waals surface area contributed by atoms with Crippen molar-refractivity contribution in [3.8, 4) is 5.75 Å². The molecule has 0 unspecified atom stereocenters. The van der Waals surface area contributed by atoms with E-state index in [-0.39, 0.29) is 5.91 Å². The Kier molecular flexibility index (Phi) is 5.88. The van der Waals surface area contributed by atoms with E-state index in [4.69, 9.17) is 16.3 Å². The molecule has 1 amide bonds. The molecule has 4 nitrogen and oxygen atoms in total. The van der Waals surface area contributed by atoms with Crippen LogP contribution in [0.15, 0.2) is 12.1 Å². The summed E-state index contributed by atoms with van der Waals surface area (Å²) in [5, 5.41) is 4.05. The molecule has 116 valence electrons. The Morgan fingerprint density at radius 2 is 2.14 bits per heavy atom. The van der Waals surface area contributed by atoms with E-state index in [2.05, 4.69) is 5.32 Å². The van der Waals surface area contributed by atoms with Gasteiger partial charge in [0.05, 0.1) is 6.61 Å². The van der Waals surface area contributed by atoms with E-state index in [1.807, 2.05) is 30.9 Å². The number of rotatable bonds is 7. The molecule has 0 radical (unpaired) electrons. The molecule has 0 spiro atoms. The minimum atomic E-state index is 0.195. The second kappa shape index (κ2) is 7.66. The van der Waals surface area contributed by atoms with Crippen molar-refractivity contribution in [1.82, 2.24) is 10.2 Å². The third kappa shape index (κ3) is 4.11. The van der Waals surface area contributed by atoms with Crippen LogP contribution in [0.25, 0.3) is 0 Å². The molecule has 5 heteroatoms. The maximum atomic E-state index is 11.9. The first-order valence-electron chi connectivity index (χ1n) is 7.58. The molecule has 1 heterocycles. The Hall–Kier alpha value is -1.26. The maximum Gasteiger partial charge on any atom is 0.223 e. The van der Waals surface area contributed by atoms with Gasteiger partial charge in [-0.05, 0) is 31.5 Å². The van der Waals surface area contributed by atoms with E-state index < -0.39 is 0 Å².